The number of amides is 1. The highest BCUT2D eigenvalue weighted by molar-refractivity contribution is 5.84. The summed E-state index contributed by atoms with van der Waals surface area (Å²) in [5.41, 5.74) is 0.473. The number of benzene rings is 1. The van der Waals surface area contributed by atoms with Crippen LogP contribution in [0.2, 0.25) is 0 Å². The molecule has 1 aromatic heterocycles. The van der Waals surface area contributed by atoms with E-state index in [1.54, 1.807) is 6.07 Å². The van der Waals surface area contributed by atoms with Gasteiger partial charge in [0.05, 0.1) is 38.5 Å². The summed E-state index contributed by atoms with van der Waals surface area (Å²) < 4.78 is 35.1. The van der Waals surface area contributed by atoms with Gasteiger partial charge in [-0.3, -0.25) is 4.98 Å². The first kappa shape index (κ1) is 22.2. The highest BCUT2D eigenvalue weighted by Gasteiger charge is 2.43. The van der Waals surface area contributed by atoms with Crippen LogP contribution in [-0.4, -0.2) is 59.0 Å². The molecule has 8 heteroatoms. The molecule has 1 aliphatic rings. The Labute approximate surface area is 175 Å². The summed E-state index contributed by atoms with van der Waals surface area (Å²) in [6.45, 7) is 8.71. The van der Waals surface area contributed by atoms with Crippen LogP contribution in [-0.2, 0) is 6.42 Å². The summed E-state index contributed by atoms with van der Waals surface area (Å²) in [6, 6.07) is 2.82. The van der Waals surface area contributed by atoms with Crippen molar-refractivity contribution in [2.75, 3.05) is 26.7 Å². The number of quaternary nitrogens is 1. The minimum Gasteiger partial charge on any atom is -0.497 e. The monoisotopic (exact) mass is 422 g/mol. The number of nitrogens with zero attached hydrogens (tertiary/aromatic N) is 2. The number of likely N-dealkylation sites (tertiary alicyclic amines) is 1. The normalized spacial score (nSPS) is 22.1. The molecule has 1 aromatic carbocycles. The topological polar surface area (TPSA) is 71.5 Å². The number of carbonyl (C=O) groups is 1. The Morgan fingerprint density at radius 1 is 1.27 bits per heavy atom. The molecule has 1 amide bonds. The number of piperidine rings is 1. The van der Waals surface area contributed by atoms with E-state index < -0.39 is 17.7 Å². The minimum absolute atomic E-state index is 0.0621. The van der Waals surface area contributed by atoms with Crippen molar-refractivity contribution in [1.29, 1.82) is 0 Å². The molecule has 1 saturated heterocycles. The summed E-state index contributed by atoms with van der Waals surface area (Å²) in [5, 5.41) is 12.0. The predicted molar refractivity (Wildman–Crippen MR) is 111 cm³/mol. The number of pyridine rings is 1. The molecule has 3 rings (SSSR count). The van der Waals surface area contributed by atoms with Gasteiger partial charge in [0.25, 0.3) is 0 Å². The van der Waals surface area contributed by atoms with Gasteiger partial charge < -0.3 is 19.6 Å². The standard InChI is InChI=1S/C22H29F2N3O3/c1-22(2,3)27(8-5-14(6-9-27)26-21(28)29)10-7-16-17-11-15(30-4)12-18(23)20(17)25-13-19(16)24/h11-14,26H,5-10H2,1-4H3/p+1. The maximum Gasteiger partial charge on any atom is 0.404 e. The zero-order chi connectivity index (χ0) is 22.1. The van der Waals surface area contributed by atoms with Gasteiger partial charge in [-0.15, -0.1) is 0 Å². The summed E-state index contributed by atoms with van der Waals surface area (Å²) in [4.78, 5) is 14.9. The van der Waals surface area contributed by atoms with Crippen molar-refractivity contribution < 1.29 is 27.9 Å². The van der Waals surface area contributed by atoms with Gasteiger partial charge in [0.2, 0.25) is 0 Å². The lowest BCUT2D eigenvalue weighted by Gasteiger charge is -2.52. The van der Waals surface area contributed by atoms with Crippen LogP contribution in [0.3, 0.4) is 0 Å². The molecule has 2 aromatic rings. The lowest BCUT2D eigenvalue weighted by atomic mass is 9.91. The van der Waals surface area contributed by atoms with Crippen LogP contribution in [0, 0.1) is 11.6 Å². The van der Waals surface area contributed by atoms with E-state index >= 15 is 0 Å². The van der Waals surface area contributed by atoms with Gasteiger partial charge in [-0.1, -0.05) is 0 Å². The van der Waals surface area contributed by atoms with Crippen LogP contribution in [0.25, 0.3) is 10.9 Å². The quantitative estimate of drug-likeness (QED) is 0.712. The van der Waals surface area contributed by atoms with Crippen LogP contribution in [0.5, 0.6) is 5.75 Å². The molecule has 164 valence electrons. The fraction of sp³-hybridized carbons (Fsp3) is 0.545. The van der Waals surface area contributed by atoms with Crippen molar-refractivity contribution in [3.05, 3.63) is 35.5 Å². The maximum absolute atomic E-state index is 14.8. The summed E-state index contributed by atoms with van der Waals surface area (Å²) in [6.07, 6.45) is 1.96. The molecule has 2 heterocycles. The molecule has 2 N–H and O–H groups in total. The molecule has 0 radical (unpaired) electrons. The molecule has 0 unspecified atom stereocenters. The first-order valence-electron chi connectivity index (χ1n) is 10.2. The highest BCUT2D eigenvalue weighted by atomic mass is 19.1. The number of nitrogens with one attached hydrogen (secondary N) is 1. The van der Waals surface area contributed by atoms with Crippen molar-refractivity contribution in [3.63, 3.8) is 0 Å². The molecule has 0 atom stereocenters. The second-order valence-electron chi connectivity index (χ2n) is 9.05. The van der Waals surface area contributed by atoms with Gasteiger partial charge in [0.15, 0.2) is 5.82 Å². The lowest BCUT2D eigenvalue weighted by molar-refractivity contribution is -0.974. The molecule has 0 saturated carbocycles. The molecule has 0 aliphatic carbocycles. The zero-order valence-corrected chi connectivity index (χ0v) is 18.0. The molecule has 0 bridgehead atoms. The minimum atomic E-state index is -1.00. The number of hydrogen-bond acceptors (Lipinski definition) is 3. The number of aromatic nitrogens is 1. The lowest BCUT2D eigenvalue weighted by Crippen LogP contribution is -2.65. The average molecular weight is 422 g/mol. The Kier molecular flexibility index (Phi) is 6.17. The molecule has 1 fully saturated rings. The number of fused-ring (bicyclic) bond motifs is 1. The van der Waals surface area contributed by atoms with E-state index in [0.29, 0.717) is 29.7 Å². The number of ether oxygens (including phenoxy) is 1. The number of rotatable bonds is 5. The third kappa shape index (κ3) is 4.33. The number of hydrogen-bond donors (Lipinski definition) is 2. The number of carboxylic acid groups (broad SMARTS) is 1. The van der Waals surface area contributed by atoms with Gasteiger partial charge in [-0.25, -0.2) is 13.6 Å². The fourth-order valence-electron chi connectivity index (χ4n) is 4.57. The van der Waals surface area contributed by atoms with E-state index in [2.05, 4.69) is 31.1 Å². The fourth-order valence-corrected chi connectivity index (χ4v) is 4.57. The van der Waals surface area contributed by atoms with Crippen molar-refractivity contribution in [3.8, 4) is 5.75 Å². The molecule has 6 nitrogen and oxygen atoms in total. The van der Waals surface area contributed by atoms with Gasteiger partial charge >= 0.3 is 6.09 Å². The Bertz CT molecular complexity index is 935. The number of methoxy groups -OCH3 is 1. The van der Waals surface area contributed by atoms with Gasteiger partial charge in [-0.2, -0.15) is 0 Å². The van der Waals surface area contributed by atoms with Crippen molar-refractivity contribution in [1.82, 2.24) is 10.3 Å². The maximum atomic E-state index is 14.8. The van der Waals surface area contributed by atoms with E-state index in [1.807, 2.05) is 0 Å². The van der Waals surface area contributed by atoms with E-state index in [9.17, 15) is 13.6 Å². The van der Waals surface area contributed by atoms with E-state index in [1.165, 1.54) is 13.2 Å². The smallest absolute Gasteiger partial charge is 0.404 e. The van der Waals surface area contributed by atoms with E-state index in [4.69, 9.17) is 9.84 Å². The Balaban J connectivity index is 1.90. The highest BCUT2D eigenvalue weighted by Crippen LogP contribution is 2.33. The van der Waals surface area contributed by atoms with Crippen LogP contribution in [0.1, 0.15) is 39.2 Å². The van der Waals surface area contributed by atoms with Crippen LogP contribution >= 0.6 is 0 Å². The first-order valence-corrected chi connectivity index (χ1v) is 10.2. The van der Waals surface area contributed by atoms with Gasteiger partial charge in [-0.05, 0) is 26.8 Å². The van der Waals surface area contributed by atoms with Gasteiger partial charge in [0, 0.05) is 42.3 Å². The van der Waals surface area contributed by atoms with Gasteiger partial charge in [0.1, 0.15) is 17.1 Å². The first-order chi connectivity index (χ1) is 14.1. The third-order valence-electron chi connectivity index (χ3n) is 6.54. The van der Waals surface area contributed by atoms with Crippen molar-refractivity contribution >= 4 is 17.0 Å². The summed E-state index contributed by atoms with van der Waals surface area (Å²) in [5.74, 6) is -0.663. The Morgan fingerprint density at radius 2 is 1.93 bits per heavy atom. The van der Waals surface area contributed by atoms with E-state index in [0.717, 1.165) is 36.6 Å². The van der Waals surface area contributed by atoms with Crippen LogP contribution < -0.4 is 10.1 Å². The van der Waals surface area contributed by atoms with Crippen molar-refractivity contribution in [2.45, 2.75) is 51.6 Å². The Morgan fingerprint density at radius 3 is 2.50 bits per heavy atom. The molecule has 0 spiro atoms. The molecule has 1 aliphatic heterocycles. The zero-order valence-electron chi connectivity index (χ0n) is 18.0. The summed E-state index contributed by atoms with van der Waals surface area (Å²) >= 11 is 0. The second kappa shape index (κ2) is 8.34. The van der Waals surface area contributed by atoms with Crippen molar-refractivity contribution in [2.24, 2.45) is 0 Å². The average Bonchev–Trinajstić information content (AvgIpc) is 2.67. The largest absolute Gasteiger partial charge is 0.497 e. The van der Waals surface area contributed by atoms with E-state index in [-0.39, 0.29) is 17.1 Å². The molecule has 30 heavy (non-hydrogen) atoms. The number of halogens is 2. The van der Waals surface area contributed by atoms with Crippen LogP contribution in [0.4, 0.5) is 13.6 Å². The molecular formula is C22H30F2N3O3+. The SMILES string of the molecule is COc1cc(F)c2ncc(F)c(CC[N+]3(C(C)(C)C)CCC(NC(=O)O)CC3)c2c1. The summed E-state index contributed by atoms with van der Waals surface area (Å²) in [7, 11) is 1.45. The second-order valence-corrected chi connectivity index (χ2v) is 9.05. The van der Waals surface area contributed by atoms with Crippen LogP contribution in [0.15, 0.2) is 18.3 Å². The molecular weight excluding hydrogens is 392 g/mol. The Hall–Kier alpha value is -2.48. The third-order valence-corrected chi connectivity index (χ3v) is 6.54. The predicted octanol–water partition coefficient (Wildman–Crippen LogP) is 4.11.